The van der Waals surface area contributed by atoms with Gasteiger partial charge >= 0.3 is 0 Å². The minimum Gasteiger partial charge on any atom is -0.491 e. The van der Waals surface area contributed by atoms with E-state index in [-0.39, 0.29) is 23.2 Å². The number of fused-ring (bicyclic) bond motifs is 3. The van der Waals surface area contributed by atoms with E-state index in [4.69, 9.17) is 15.0 Å². The molecule has 3 aliphatic rings. The molecule has 1 aliphatic heterocycles. The molecule has 0 saturated heterocycles. The Morgan fingerprint density at radius 3 is 2.62 bits per heavy atom. The molecule has 26 heavy (non-hydrogen) atoms. The van der Waals surface area contributed by atoms with Crippen LogP contribution in [0.25, 0.3) is 0 Å². The molecule has 1 unspecified atom stereocenters. The highest BCUT2D eigenvalue weighted by Crippen LogP contribution is 2.64. The van der Waals surface area contributed by atoms with Crippen molar-refractivity contribution in [3.63, 3.8) is 0 Å². The smallest absolute Gasteiger partial charge is 0.265 e. The van der Waals surface area contributed by atoms with Crippen molar-refractivity contribution >= 4 is 31.8 Å². The minimum absolute atomic E-state index is 0.0152. The SMILES string of the molecule is CC1(C)C2CC[C@@]1(CS(=O)(=O)O)C(=O)C2.N[C@@H]1COc2cc(Br)ccc21. The topological polar surface area (TPSA) is 107 Å². The summed E-state index contributed by atoms with van der Waals surface area (Å²) >= 11 is 3.36. The number of hydrogen-bond donors (Lipinski definition) is 2. The maximum Gasteiger partial charge on any atom is 0.265 e. The zero-order valence-electron chi connectivity index (χ0n) is 14.9. The van der Waals surface area contributed by atoms with Crippen LogP contribution < -0.4 is 10.5 Å². The van der Waals surface area contributed by atoms with Crippen LogP contribution in [0, 0.1) is 16.7 Å². The molecule has 3 N–H and O–H groups in total. The second-order valence-electron chi connectivity index (χ2n) is 7.99. The lowest BCUT2D eigenvalue weighted by Crippen LogP contribution is -2.42. The third kappa shape index (κ3) is 3.32. The Morgan fingerprint density at radius 1 is 1.38 bits per heavy atom. The average Bonchev–Trinajstić information content (AvgIpc) is 3.05. The predicted molar refractivity (Wildman–Crippen MR) is 102 cm³/mol. The Balaban J connectivity index is 0.000000158. The minimum atomic E-state index is -4.08. The highest BCUT2D eigenvalue weighted by atomic mass is 79.9. The molecule has 144 valence electrons. The summed E-state index contributed by atoms with van der Waals surface area (Å²) in [6, 6.07) is 5.98. The van der Waals surface area contributed by atoms with Crippen molar-refractivity contribution in [3.05, 3.63) is 28.2 Å². The van der Waals surface area contributed by atoms with Crippen LogP contribution in [0.5, 0.6) is 5.75 Å². The van der Waals surface area contributed by atoms with Gasteiger partial charge in [-0.15, -0.1) is 0 Å². The maximum atomic E-state index is 11.9. The standard InChI is InChI=1S/C10H16O4S.C8H8BrNO/c1-9(2)7-3-4-10(9,8(11)5-7)6-15(12,13)14;9-5-1-2-6-7(10)4-11-8(6)3-5/h7H,3-6H2,1-2H3,(H,12,13,14);1-3,7H,4,10H2/t7?,10-;7-/m11/s1. The highest BCUT2D eigenvalue weighted by Gasteiger charge is 2.65. The Bertz CT molecular complexity index is 838. The fraction of sp³-hybridized carbons (Fsp3) is 0.611. The molecule has 4 rings (SSSR count). The number of carbonyl (C=O) groups is 1. The maximum absolute atomic E-state index is 11.9. The van der Waals surface area contributed by atoms with Gasteiger partial charge in [0.15, 0.2) is 0 Å². The van der Waals surface area contributed by atoms with Crippen molar-refractivity contribution in [1.29, 1.82) is 0 Å². The number of Topliss-reactive ketones (excluding diaryl/α,β-unsaturated/α-hetero) is 1. The van der Waals surface area contributed by atoms with E-state index in [0.717, 1.165) is 22.2 Å². The van der Waals surface area contributed by atoms with Gasteiger partial charge in [-0.2, -0.15) is 8.42 Å². The first kappa shape index (κ1) is 19.8. The van der Waals surface area contributed by atoms with Crippen LogP contribution in [0.1, 0.15) is 44.7 Å². The van der Waals surface area contributed by atoms with E-state index < -0.39 is 21.3 Å². The molecule has 2 saturated carbocycles. The Labute approximate surface area is 162 Å². The summed E-state index contributed by atoms with van der Waals surface area (Å²) in [7, 11) is -4.08. The van der Waals surface area contributed by atoms with Crippen LogP contribution in [0.2, 0.25) is 0 Å². The number of carbonyl (C=O) groups excluding carboxylic acids is 1. The lowest BCUT2D eigenvalue weighted by molar-refractivity contribution is -0.128. The molecule has 0 radical (unpaired) electrons. The first-order valence-corrected chi connectivity index (χ1v) is 11.0. The zero-order chi connectivity index (χ0) is 19.3. The lowest BCUT2D eigenvalue weighted by atomic mass is 9.70. The van der Waals surface area contributed by atoms with Crippen molar-refractivity contribution in [3.8, 4) is 5.75 Å². The van der Waals surface area contributed by atoms with E-state index in [1.54, 1.807) is 0 Å². The molecule has 0 aromatic heterocycles. The second kappa shape index (κ2) is 6.58. The van der Waals surface area contributed by atoms with Crippen LogP contribution in [-0.4, -0.2) is 31.1 Å². The van der Waals surface area contributed by atoms with E-state index in [0.29, 0.717) is 19.4 Å². The van der Waals surface area contributed by atoms with E-state index in [1.165, 1.54) is 0 Å². The number of benzene rings is 1. The van der Waals surface area contributed by atoms with Crippen LogP contribution in [-0.2, 0) is 14.9 Å². The number of halogens is 1. The van der Waals surface area contributed by atoms with Crippen LogP contribution >= 0.6 is 15.9 Å². The van der Waals surface area contributed by atoms with E-state index in [2.05, 4.69) is 15.9 Å². The quantitative estimate of drug-likeness (QED) is 0.677. The van der Waals surface area contributed by atoms with Gasteiger partial charge in [-0.25, -0.2) is 0 Å². The predicted octanol–water partition coefficient (Wildman–Crippen LogP) is 3.11. The summed E-state index contributed by atoms with van der Waals surface area (Å²) in [6.07, 6.45) is 1.97. The molecule has 0 amide bonds. The van der Waals surface area contributed by atoms with Gasteiger partial charge in [0, 0.05) is 16.5 Å². The van der Waals surface area contributed by atoms with Gasteiger partial charge in [0.25, 0.3) is 10.1 Å². The third-order valence-corrected chi connectivity index (χ3v) is 7.71. The zero-order valence-corrected chi connectivity index (χ0v) is 17.3. The van der Waals surface area contributed by atoms with Gasteiger partial charge in [-0.05, 0) is 36.3 Å². The Kier molecular flexibility index (Phi) is 5.01. The van der Waals surface area contributed by atoms with Gasteiger partial charge in [-0.1, -0.05) is 35.8 Å². The van der Waals surface area contributed by atoms with E-state index in [1.807, 2.05) is 32.0 Å². The normalized spacial score (nSPS) is 31.2. The molecule has 2 fully saturated rings. The molecule has 6 nitrogen and oxygen atoms in total. The van der Waals surface area contributed by atoms with Crippen molar-refractivity contribution in [2.24, 2.45) is 22.5 Å². The second-order valence-corrected chi connectivity index (χ2v) is 10.4. The molecular formula is C18H24BrNO5S. The fourth-order valence-electron chi connectivity index (χ4n) is 4.63. The molecule has 2 bridgehead atoms. The van der Waals surface area contributed by atoms with Crippen LogP contribution in [0.3, 0.4) is 0 Å². The monoisotopic (exact) mass is 445 g/mol. The fourth-order valence-corrected chi connectivity index (χ4v) is 6.27. The van der Waals surface area contributed by atoms with E-state index >= 15 is 0 Å². The van der Waals surface area contributed by atoms with Gasteiger partial charge in [-0.3, -0.25) is 9.35 Å². The molecule has 2 aliphatic carbocycles. The summed E-state index contributed by atoms with van der Waals surface area (Å²) in [5, 5.41) is 0. The molecule has 1 heterocycles. The van der Waals surface area contributed by atoms with E-state index in [9.17, 15) is 13.2 Å². The van der Waals surface area contributed by atoms with Gasteiger partial charge in [0.2, 0.25) is 0 Å². The number of nitrogens with two attached hydrogens (primary N) is 1. The number of rotatable bonds is 2. The molecule has 1 aromatic carbocycles. The van der Waals surface area contributed by atoms with Gasteiger partial charge in [0.1, 0.15) is 18.1 Å². The lowest BCUT2D eigenvalue weighted by Gasteiger charge is -2.35. The summed E-state index contributed by atoms with van der Waals surface area (Å²) in [5.74, 6) is 0.808. The molecule has 3 atom stereocenters. The third-order valence-electron chi connectivity index (χ3n) is 6.36. The van der Waals surface area contributed by atoms with Gasteiger partial charge in [0.05, 0.1) is 17.2 Å². The molecular weight excluding hydrogens is 422 g/mol. The summed E-state index contributed by atoms with van der Waals surface area (Å²) in [5.41, 5.74) is 5.74. The summed E-state index contributed by atoms with van der Waals surface area (Å²) in [4.78, 5) is 11.9. The van der Waals surface area contributed by atoms with Crippen molar-refractivity contribution in [2.45, 2.75) is 39.2 Å². The number of ether oxygens (including phenoxy) is 1. The number of hydrogen-bond acceptors (Lipinski definition) is 5. The van der Waals surface area contributed by atoms with Crippen molar-refractivity contribution < 1.29 is 22.5 Å². The first-order valence-electron chi connectivity index (χ1n) is 8.62. The van der Waals surface area contributed by atoms with Crippen LogP contribution in [0.15, 0.2) is 22.7 Å². The molecule has 8 heteroatoms. The highest BCUT2D eigenvalue weighted by molar-refractivity contribution is 9.10. The number of ketones is 1. The first-order chi connectivity index (χ1) is 12.0. The largest absolute Gasteiger partial charge is 0.491 e. The molecule has 1 aromatic rings. The van der Waals surface area contributed by atoms with Crippen molar-refractivity contribution in [1.82, 2.24) is 0 Å². The Morgan fingerprint density at radius 2 is 2.08 bits per heavy atom. The van der Waals surface area contributed by atoms with Crippen LogP contribution in [0.4, 0.5) is 0 Å². The average molecular weight is 446 g/mol. The summed E-state index contributed by atoms with van der Waals surface area (Å²) in [6.45, 7) is 4.49. The summed E-state index contributed by atoms with van der Waals surface area (Å²) < 4.78 is 37.3. The van der Waals surface area contributed by atoms with Gasteiger partial charge < -0.3 is 10.5 Å². The van der Waals surface area contributed by atoms with Crippen molar-refractivity contribution in [2.75, 3.05) is 12.4 Å². The molecule has 0 spiro atoms. The Hall–Kier alpha value is -0.960.